The number of aliphatic carboxylic acids is 1. The Balaban J connectivity index is 1.66. The molecule has 0 spiro atoms. The summed E-state index contributed by atoms with van der Waals surface area (Å²) in [4.78, 5) is 16.6. The zero-order valence-electron chi connectivity index (χ0n) is 15.3. The lowest BCUT2D eigenvalue weighted by Crippen LogP contribution is -1.98. The number of carboxylic acid groups (broad SMARTS) is 1. The van der Waals surface area contributed by atoms with Gasteiger partial charge in [0.2, 0.25) is 0 Å². The number of benzene rings is 3. The number of carboxylic acids is 1. The molecule has 1 N–H and O–H groups in total. The highest BCUT2D eigenvalue weighted by molar-refractivity contribution is 8.09. The molecular formula is C23H17NO3S2. The fourth-order valence-electron chi connectivity index (χ4n) is 2.73. The maximum atomic E-state index is 11.1. The molecule has 0 bridgehead atoms. The summed E-state index contributed by atoms with van der Waals surface area (Å²) < 4.78 is 6.98. The van der Waals surface area contributed by atoms with E-state index in [0.29, 0.717) is 0 Å². The first-order valence-electron chi connectivity index (χ1n) is 8.92. The quantitative estimate of drug-likeness (QED) is 0.375. The van der Waals surface area contributed by atoms with Gasteiger partial charge in [0.15, 0.2) is 0 Å². The van der Waals surface area contributed by atoms with Gasteiger partial charge in [0, 0.05) is 4.91 Å². The van der Waals surface area contributed by atoms with Gasteiger partial charge in [-0.05, 0) is 48.0 Å². The van der Waals surface area contributed by atoms with Crippen LogP contribution in [0.25, 0.3) is 21.2 Å². The van der Waals surface area contributed by atoms with Gasteiger partial charge in [-0.15, -0.1) is 23.1 Å². The Labute approximate surface area is 176 Å². The summed E-state index contributed by atoms with van der Waals surface area (Å²) in [5.74, 6) is 0.599. The van der Waals surface area contributed by atoms with Gasteiger partial charge in [0.1, 0.15) is 16.5 Å². The average Bonchev–Trinajstić information content (AvgIpc) is 3.16. The largest absolute Gasteiger partial charge is 0.481 e. The van der Waals surface area contributed by atoms with Gasteiger partial charge in [0.25, 0.3) is 0 Å². The highest BCUT2D eigenvalue weighted by Crippen LogP contribution is 2.35. The van der Waals surface area contributed by atoms with Crippen LogP contribution in [0.3, 0.4) is 0 Å². The summed E-state index contributed by atoms with van der Waals surface area (Å²) in [6.07, 6.45) is 1.96. The number of nitrogens with zero attached hydrogens (tertiary/aromatic N) is 1. The average molecular weight is 420 g/mol. The Morgan fingerprint density at radius 3 is 2.55 bits per heavy atom. The van der Waals surface area contributed by atoms with Crippen molar-refractivity contribution in [2.24, 2.45) is 0 Å². The Kier molecular flexibility index (Phi) is 5.93. The van der Waals surface area contributed by atoms with Crippen LogP contribution in [0.15, 0.2) is 78.9 Å². The topological polar surface area (TPSA) is 59.4 Å². The molecule has 0 amide bonds. The minimum atomic E-state index is -0.858. The summed E-state index contributed by atoms with van der Waals surface area (Å²) in [5, 5.41) is 9.95. The van der Waals surface area contributed by atoms with Crippen molar-refractivity contribution in [3.8, 4) is 11.5 Å². The second-order valence-electron chi connectivity index (χ2n) is 6.17. The Bertz CT molecular complexity index is 1140. The first kappa shape index (κ1) is 19.2. The maximum Gasteiger partial charge on any atom is 0.313 e. The molecule has 6 heteroatoms. The summed E-state index contributed by atoms with van der Waals surface area (Å²) >= 11 is 2.83. The second-order valence-corrected chi connectivity index (χ2v) is 8.21. The molecule has 144 valence electrons. The number of hydrogen-bond acceptors (Lipinski definition) is 5. The van der Waals surface area contributed by atoms with Crippen LogP contribution >= 0.6 is 23.1 Å². The lowest BCUT2D eigenvalue weighted by atomic mass is 10.2. The van der Waals surface area contributed by atoms with E-state index in [1.165, 1.54) is 11.8 Å². The van der Waals surface area contributed by atoms with E-state index >= 15 is 0 Å². The van der Waals surface area contributed by atoms with Gasteiger partial charge in [-0.3, -0.25) is 4.79 Å². The fourth-order valence-corrected chi connectivity index (χ4v) is 4.57. The highest BCUT2D eigenvalue weighted by Gasteiger charge is 2.12. The van der Waals surface area contributed by atoms with Gasteiger partial charge in [-0.25, -0.2) is 4.98 Å². The van der Waals surface area contributed by atoms with Crippen molar-refractivity contribution in [3.63, 3.8) is 0 Å². The first-order valence-corrected chi connectivity index (χ1v) is 10.7. The van der Waals surface area contributed by atoms with Gasteiger partial charge in [0.05, 0.1) is 16.0 Å². The number of aromatic nitrogens is 1. The van der Waals surface area contributed by atoms with Gasteiger partial charge < -0.3 is 9.84 Å². The van der Waals surface area contributed by atoms with E-state index in [4.69, 9.17) is 9.84 Å². The molecule has 29 heavy (non-hydrogen) atoms. The van der Waals surface area contributed by atoms with Crippen LogP contribution in [-0.2, 0) is 4.79 Å². The smallest absolute Gasteiger partial charge is 0.313 e. The minimum Gasteiger partial charge on any atom is -0.481 e. The summed E-state index contributed by atoms with van der Waals surface area (Å²) in [5.41, 5.74) is 1.83. The van der Waals surface area contributed by atoms with E-state index in [1.54, 1.807) is 11.3 Å². The molecule has 0 aliphatic rings. The third kappa shape index (κ3) is 5.04. The van der Waals surface area contributed by atoms with Crippen LogP contribution in [0.2, 0.25) is 0 Å². The molecule has 1 aromatic heterocycles. The van der Waals surface area contributed by atoms with Crippen LogP contribution in [0, 0.1) is 0 Å². The van der Waals surface area contributed by atoms with E-state index in [-0.39, 0.29) is 5.75 Å². The van der Waals surface area contributed by atoms with E-state index < -0.39 is 5.97 Å². The molecule has 0 radical (unpaired) electrons. The van der Waals surface area contributed by atoms with Crippen molar-refractivity contribution in [1.82, 2.24) is 4.98 Å². The lowest BCUT2D eigenvalue weighted by Gasteiger charge is -2.07. The molecule has 0 fully saturated rings. The molecule has 0 saturated heterocycles. The zero-order valence-corrected chi connectivity index (χ0v) is 17.0. The summed E-state index contributed by atoms with van der Waals surface area (Å²) in [6, 6.07) is 25.2. The maximum absolute atomic E-state index is 11.1. The SMILES string of the molecule is O=C(O)CS/C(=C\c1cccc(Oc2ccccc2)c1)c1nc2ccccc2s1. The van der Waals surface area contributed by atoms with Gasteiger partial charge in [-0.2, -0.15) is 0 Å². The van der Waals surface area contributed by atoms with Gasteiger partial charge in [-0.1, -0.05) is 42.5 Å². The molecule has 1 heterocycles. The third-order valence-electron chi connectivity index (χ3n) is 3.99. The number of thiazole rings is 1. The highest BCUT2D eigenvalue weighted by atomic mass is 32.2. The van der Waals surface area contributed by atoms with E-state index in [0.717, 1.165) is 37.2 Å². The molecule has 4 nitrogen and oxygen atoms in total. The predicted molar refractivity (Wildman–Crippen MR) is 121 cm³/mol. The van der Waals surface area contributed by atoms with Crippen molar-refractivity contribution in [2.45, 2.75) is 0 Å². The number of fused-ring (bicyclic) bond motifs is 1. The molecule has 3 aromatic carbocycles. The van der Waals surface area contributed by atoms with Crippen LogP contribution in [-0.4, -0.2) is 21.8 Å². The van der Waals surface area contributed by atoms with E-state index in [2.05, 4.69) is 4.98 Å². The number of carbonyl (C=O) groups is 1. The molecule has 0 saturated carbocycles. The van der Waals surface area contributed by atoms with E-state index in [9.17, 15) is 4.79 Å². The number of rotatable bonds is 7. The second kappa shape index (κ2) is 8.94. The van der Waals surface area contributed by atoms with Crippen molar-refractivity contribution >= 4 is 50.3 Å². The van der Waals surface area contributed by atoms with Crippen molar-refractivity contribution in [3.05, 3.63) is 89.4 Å². The zero-order chi connectivity index (χ0) is 20.1. The Morgan fingerprint density at radius 1 is 1.00 bits per heavy atom. The van der Waals surface area contributed by atoms with Crippen LogP contribution in [0.4, 0.5) is 0 Å². The third-order valence-corrected chi connectivity index (χ3v) is 6.20. The predicted octanol–water partition coefficient (Wildman–Crippen LogP) is 6.40. The monoisotopic (exact) mass is 419 g/mol. The first-order chi connectivity index (χ1) is 14.2. The number of ether oxygens (including phenoxy) is 1. The number of para-hydroxylation sites is 2. The minimum absolute atomic E-state index is 0.0258. The van der Waals surface area contributed by atoms with Crippen LogP contribution in [0.5, 0.6) is 11.5 Å². The molecule has 4 rings (SSSR count). The molecular weight excluding hydrogens is 402 g/mol. The fraction of sp³-hybridized carbons (Fsp3) is 0.0435. The number of thioether (sulfide) groups is 1. The number of hydrogen-bond donors (Lipinski definition) is 1. The molecule has 0 atom stereocenters. The molecule has 0 unspecified atom stereocenters. The van der Waals surface area contributed by atoms with E-state index in [1.807, 2.05) is 84.9 Å². The standard InChI is InChI=1S/C23H17NO3S2/c25-22(26)15-28-21(23-24-19-11-4-5-12-20(19)29-23)14-16-7-6-10-18(13-16)27-17-8-2-1-3-9-17/h1-14H,15H2,(H,25,26)/b21-14-. The lowest BCUT2D eigenvalue weighted by molar-refractivity contribution is -0.133. The van der Waals surface area contributed by atoms with Crippen molar-refractivity contribution in [1.29, 1.82) is 0 Å². The van der Waals surface area contributed by atoms with Crippen molar-refractivity contribution in [2.75, 3.05) is 5.75 Å². The van der Waals surface area contributed by atoms with Crippen LogP contribution < -0.4 is 4.74 Å². The summed E-state index contributed by atoms with van der Waals surface area (Å²) in [6.45, 7) is 0. The van der Waals surface area contributed by atoms with Gasteiger partial charge >= 0.3 is 5.97 Å². The Hall–Kier alpha value is -3.09. The summed E-state index contributed by atoms with van der Waals surface area (Å²) in [7, 11) is 0. The Morgan fingerprint density at radius 2 is 1.76 bits per heavy atom. The van der Waals surface area contributed by atoms with Crippen molar-refractivity contribution < 1.29 is 14.6 Å². The normalized spacial score (nSPS) is 11.5. The molecule has 4 aromatic rings. The molecule has 0 aliphatic carbocycles. The van der Waals surface area contributed by atoms with Crippen LogP contribution in [0.1, 0.15) is 10.6 Å². The molecule has 0 aliphatic heterocycles.